The molecule has 2 N–H and O–H groups in total. The highest BCUT2D eigenvalue weighted by molar-refractivity contribution is 5.76. The van der Waals surface area contributed by atoms with Crippen molar-refractivity contribution >= 4 is 5.91 Å². The van der Waals surface area contributed by atoms with Crippen molar-refractivity contribution in [2.24, 2.45) is 5.73 Å². The molecule has 1 heterocycles. The summed E-state index contributed by atoms with van der Waals surface area (Å²) < 4.78 is 10.9. The van der Waals surface area contributed by atoms with Gasteiger partial charge in [-0.15, -0.1) is 0 Å². The van der Waals surface area contributed by atoms with E-state index < -0.39 is 0 Å². The normalized spacial score (nSPS) is 18.9. The van der Waals surface area contributed by atoms with Gasteiger partial charge in [0.25, 0.3) is 0 Å². The second-order valence-corrected chi connectivity index (χ2v) is 4.97. The zero-order valence-electron chi connectivity index (χ0n) is 11.9. The maximum Gasteiger partial charge on any atom is 0.226 e. The number of morpholine rings is 1. The third-order valence-electron chi connectivity index (χ3n) is 3.39. The second-order valence-electron chi connectivity index (χ2n) is 4.97. The number of carbonyl (C=O) groups is 1. The minimum Gasteiger partial charge on any atom is -0.493 e. The monoisotopic (exact) mass is 278 g/mol. The number of hydrogen-bond donors (Lipinski definition) is 1. The topological polar surface area (TPSA) is 64.8 Å². The van der Waals surface area contributed by atoms with E-state index in [0.29, 0.717) is 39.3 Å². The first-order chi connectivity index (χ1) is 9.70. The van der Waals surface area contributed by atoms with E-state index in [1.54, 1.807) is 0 Å². The van der Waals surface area contributed by atoms with Crippen LogP contribution in [0.25, 0.3) is 0 Å². The molecule has 1 fully saturated rings. The molecule has 5 nitrogen and oxygen atoms in total. The van der Waals surface area contributed by atoms with E-state index in [0.717, 1.165) is 11.3 Å². The van der Waals surface area contributed by atoms with Crippen LogP contribution in [0, 0.1) is 6.92 Å². The van der Waals surface area contributed by atoms with Crippen LogP contribution >= 0.6 is 0 Å². The Morgan fingerprint density at radius 1 is 1.55 bits per heavy atom. The van der Waals surface area contributed by atoms with E-state index in [1.807, 2.05) is 36.1 Å². The lowest BCUT2D eigenvalue weighted by atomic mass is 10.2. The van der Waals surface area contributed by atoms with Crippen LogP contribution in [0.15, 0.2) is 24.3 Å². The summed E-state index contributed by atoms with van der Waals surface area (Å²) in [5.74, 6) is 0.881. The Labute approximate surface area is 119 Å². The van der Waals surface area contributed by atoms with Crippen LogP contribution in [0.3, 0.4) is 0 Å². The maximum atomic E-state index is 12.2. The molecule has 0 bridgehead atoms. The number of nitrogens with two attached hydrogens (primary N) is 1. The number of ether oxygens (including phenoxy) is 2. The summed E-state index contributed by atoms with van der Waals surface area (Å²) in [7, 11) is 0. The first-order valence-corrected chi connectivity index (χ1v) is 6.97. The molecule has 5 heteroatoms. The molecule has 2 rings (SSSR count). The highest BCUT2D eigenvalue weighted by atomic mass is 16.5. The van der Waals surface area contributed by atoms with Crippen molar-refractivity contribution in [3.8, 4) is 5.75 Å². The summed E-state index contributed by atoms with van der Waals surface area (Å²) in [6.07, 6.45) is 0.366. The zero-order chi connectivity index (χ0) is 14.4. The van der Waals surface area contributed by atoms with Crippen LogP contribution < -0.4 is 10.5 Å². The fourth-order valence-corrected chi connectivity index (χ4v) is 2.28. The van der Waals surface area contributed by atoms with E-state index in [4.69, 9.17) is 15.2 Å². The largest absolute Gasteiger partial charge is 0.493 e. The Kier molecular flexibility index (Phi) is 5.38. The van der Waals surface area contributed by atoms with Crippen LogP contribution in [-0.4, -0.2) is 49.8 Å². The molecule has 110 valence electrons. The molecule has 1 amide bonds. The average molecular weight is 278 g/mol. The van der Waals surface area contributed by atoms with E-state index in [2.05, 4.69) is 0 Å². The van der Waals surface area contributed by atoms with Gasteiger partial charge in [0, 0.05) is 13.1 Å². The number of benzene rings is 1. The van der Waals surface area contributed by atoms with Gasteiger partial charge >= 0.3 is 0 Å². The number of amides is 1. The molecule has 0 aliphatic carbocycles. The third-order valence-corrected chi connectivity index (χ3v) is 3.39. The van der Waals surface area contributed by atoms with Gasteiger partial charge in [-0.1, -0.05) is 12.1 Å². The molecule has 1 aliphatic rings. The summed E-state index contributed by atoms with van der Waals surface area (Å²) in [6, 6.07) is 7.81. The summed E-state index contributed by atoms with van der Waals surface area (Å²) in [6.45, 7) is 4.56. The molecular weight excluding hydrogens is 256 g/mol. The Bertz CT molecular complexity index is 450. The minimum atomic E-state index is -0.00443. The van der Waals surface area contributed by atoms with E-state index in [-0.39, 0.29) is 11.9 Å². The molecule has 0 spiro atoms. The SMILES string of the molecule is Cc1cccc(OCCC(=O)N2CCOCC2CN)c1. The molecule has 0 radical (unpaired) electrons. The lowest BCUT2D eigenvalue weighted by Crippen LogP contribution is -2.52. The van der Waals surface area contributed by atoms with Gasteiger partial charge in [0.05, 0.1) is 32.3 Å². The first-order valence-electron chi connectivity index (χ1n) is 6.97. The molecule has 1 saturated heterocycles. The number of rotatable bonds is 5. The molecule has 1 atom stereocenters. The lowest BCUT2D eigenvalue weighted by molar-refractivity contribution is -0.139. The Morgan fingerprint density at radius 2 is 2.40 bits per heavy atom. The molecule has 1 unspecified atom stereocenters. The second kappa shape index (κ2) is 7.26. The molecular formula is C15H22N2O3. The van der Waals surface area contributed by atoms with Gasteiger partial charge in [0.2, 0.25) is 5.91 Å². The predicted molar refractivity (Wildman–Crippen MR) is 76.7 cm³/mol. The quantitative estimate of drug-likeness (QED) is 0.871. The minimum absolute atomic E-state index is 0.00443. The fourth-order valence-electron chi connectivity index (χ4n) is 2.28. The molecule has 0 saturated carbocycles. The van der Waals surface area contributed by atoms with Gasteiger partial charge in [0.15, 0.2) is 0 Å². The van der Waals surface area contributed by atoms with Crippen molar-refractivity contribution in [3.63, 3.8) is 0 Å². The molecule has 1 aliphatic heterocycles. The summed E-state index contributed by atoms with van der Waals surface area (Å²) in [4.78, 5) is 14.0. The Balaban J connectivity index is 1.79. The van der Waals surface area contributed by atoms with Crippen molar-refractivity contribution in [3.05, 3.63) is 29.8 Å². The van der Waals surface area contributed by atoms with Crippen LogP contribution in [-0.2, 0) is 9.53 Å². The van der Waals surface area contributed by atoms with Gasteiger partial charge in [0.1, 0.15) is 5.75 Å². The van der Waals surface area contributed by atoms with Crippen LogP contribution in [0.2, 0.25) is 0 Å². The highest BCUT2D eigenvalue weighted by Crippen LogP contribution is 2.13. The third kappa shape index (κ3) is 3.95. The van der Waals surface area contributed by atoms with Crippen molar-refractivity contribution in [2.75, 3.05) is 32.9 Å². The molecule has 1 aromatic rings. The first kappa shape index (κ1) is 14.8. The Hall–Kier alpha value is -1.59. The van der Waals surface area contributed by atoms with Crippen molar-refractivity contribution in [1.29, 1.82) is 0 Å². The van der Waals surface area contributed by atoms with Gasteiger partial charge in [-0.05, 0) is 24.6 Å². The van der Waals surface area contributed by atoms with E-state index in [9.17, 15) is 4.79 Å². The lowest BCUT2D eigenvalue weighted by Gasteiger charge is -2.34. The zero-order valence-corrected chi connectivity index (χ0v) is 11.9. The smallest absolute Gasteiger partial charge is 0.226 e. The molecule has 1 aromatic carbocycles. The number of hydrogen-bond acceptors (Lipinski definition) is 4. The van der Waals surface area contributed by atoms with Gasteiger partial charge < -0.3 is 20.1 Å². The van der Waals surface area contributed by atoms with Crippen LogP contribution in [0.1, 0.15) is 12.0 Å². The average Bonchev–Trinajstić information content (AvgIpc) is 2.47. The molecule has 0 aromatic heterocycles. The van der Waals surface area contributed by atoms with Crippen molar-refractivity contribution in [1.82, 2.24) is 4.90 Å². The molecule has 20 heavy (non-hydrogen) atoms. The van der Waals surface area contributed by atoms with Crippen LogP contribution in [0.4, 0.5) is 0 Å². The number of nitrogens with zero attached hydrogens (tertiary/aromatic N) is 1. The number of carbonyl (C=O) groups excluding carboxylic acids is 1. The summed E-state index contributed by atoms with van der Waals surface area (Å²) in [5, 5.41) is 0. The summed E-state index contributed by atoms with van der Waals surface area (Å²) >= 11 is 0. The maximum absolute atomic E-state index is 12.2. The van der Waals surface area contributed by atoms with Crippen molar-refractivity contribution in [2.45, 2.75) is 19.4 Å². The van der Waals surface area contributed by atoms with E-state index in [1.165, 1.54) is 0 Å². The number of aryl methyl sites for hydroxylation is 1. The van der Waals surface area contributed by atoms with E-state index >= 15 is 0 Å². The standard InChI is InChI=1S/C15H22N2O3/c1-12-3-2-4-14(9-12)20-7-5-15(18)17-6-8-19-11-13(17)10-16/h2-4,9,13H,5-8,10-11,16H2,1H3. The van der Waals surface area contributed by atoms with Crippen LogP contribution in [0.5, 0.6) is 5.75 Å². The van der Waals surface area contributed by atoms with Gasteiger partial charge in [-0.2, -0.15) is 0 Å². The Morgan fingerprint density at radius 3 is 3.15 bits per heavy atom. The highest BCUT2D eigenvalue weighted by Gasteiger charge is 2.25. The van der Waals surface area contributed by atoms with Crippen molar-refractivity contribution < 1.29 is 14.3 Å². The van der Waals surface area contributed by atoms with Gasteiger partial charge in [-0.3, -0.25) is 4.79 Å². The summed E-state index contributed by atoms with van der Waals surface area (Å²) in [5.41, 5.74) is 6.81. The predicted octanol–water partition coefficient (Wildman–Crippen LogP) is 0.950. The fraction of sp³-hybridized carbons (Fsp3) is 0.533. The van der Waals surface area contributed by atoms with Gasteiger partial charge in [-0.25, -0.2) is 0 Å².